The Balaban J connectivity index is 0.000000534. The lowest BCUT2D eigenvalue weighted by molar-refractivity contribution is -0.110. The van der Waals surface area contributed by atoms with Crippen LogP contribution in [0.25, 0.3) is 0 Å². The zero-order valence-corrected chi connectivity index (χ0v) is 15.2. The van der Waals surface area contributed by atoms with Crippen LogP contribution in [-0.2, 0) is 4.79 Å². The lowest BCUT2D eigenvalue weighted by Gasteiger charge is -2.19. The van der Waals surface area contributed by atoms with Crippen molar-refractivity contribution < 1.29 is 9.18 Å². The fourth-order valence-electron chi connectivity index (χ4n) is 2.08. The topological polar surface area (TPSA) is 17.1 Å². The SMILES string of the molecule is CC(=O)[B]C(c1ccc(F)cc1)C(C)C.CCC(C)C(C)C. The summed E-state index contributed by atoms with van der Waals surface area (Å²) in [4.78, 5) is 11.1. The van der Waals surface area contributed by atoms with Crippen LogP contribution in [0.3, 0.4) is 0 Å². The van der Waals surface area contributed by atoms with Gasteiger partial charge < -0.3 is 4.79 Å². The summed E-state index contributed by atoms with van der Waals surface area (Å²) in [5.74, 6) is 1.93. The minimum absolute atomic E-state index is 0.0537. The molecule has 0 fully saturated rings. The van der Waals surface area contributed by atoms with Gasteiger partial charge in [-0.05, 0) is 42.6 Å². The summed E-state index contributed by atoms with van der Waals surface area (Å²) in [6.45, 7) is 14.7. The van der Waals surface area contributed by atoms with Gasteiger partial charge in [0.2, 0.25) is 7.28 Å². The zero-order valence-electron chi connectivity index (χ0n) is 15.2. The Morgan fingerprint density at radius 1 is 1.05 bits per heavy atom. The highest BCUT2D eigenvalue weighted by Gasteiger charge is 2.19. The molecule has 3 heteroatoms. The van der Waals surface area contributed by atoms with Crippen molar-refractivity contribution in [1.82, 2.24) is 0 Å². The van der Waals surface area contributed by atoms with Crippen molar-refractivity contribution in [3.05, 3.63) is 35.6 Å². The van der Waals surface area contributed by atoms with Crippen molar-refractivity contribution in [1.29, 1.82) is 0 Å². The van der Waals surface area contributed by atoms with Crippen molar-refractivity contribution in [2.45, 2.75) is 60.7 Å². The lowest BCUT2D eigenvalue weighted by atomic mass is 9.55. The van der Waals surface area contributed by atoms with Crippen molar-refractivity contribution in [3.8, 4) is 0 Å². The molecule has 123 valence electrons. The maximum absolute atomic E-state index is 12.7. The van der Waals surface area contributed by atoms with Crippen LogP contribution in [0.15, 0.2) is 24.3 Å². The van der Waals surface area contributed by atoms with Crippen molar-refractivity contribution in [2.24, 2.45) is 17.8 Å². The average Bonchev–Trinajstić information content (AvgIpc) is 2.45. The number of rotatable bonds is 6. The first-order valence-corrected chi connectivity index (χ1v) is 8.29. The number of hydrogen-bond acceptors (Lipinski definition) is 1. The Morgan fingerprint density at radius 3 is 1.82 bits per heavy atom. The number of benzene rings is 1. The summed E-state index contributed by atoms with van der Waals surface area (Å²) >= 11 is 0. The van der Waals surface area contributed by atoms with Gasteiger partial charge in [-0.25, -0.2) is 4.39 Å². The third kappa shape index (κ3) is 8.36. The van der Waals surface area contributed by atoms with Gasteiger partial charge >= 0.3 is 0 Å². The Morgan fingerprint density at radius 2 is 1.55 bits per heavy atom. The molecule has 1 aromatic rings. The summed E-state index contributed by atoms with van der Waals surface area (Å²) in [5, 5.41) is 0. The van der Waals surface area contributed by atoms with E-state index in [1.165, 1.54) is 18.6 Å². The first kappa shape index (κ1) is 20.9. The van der Waals surface area contributed by atoms with Crippen LogP contribution < -0.4 is 0 Å². The Hall–Kier alpha value is -1.12. The molecule has 0 amide bonds. The largest absolute Gasteiger partial charge is 0.312 e. The summed E-state index contributed by atoms with van der Waals surface area (Å²) in [6, 6.07) is 6.33. The lowest BCUT2D eigenvalue weighted by Crippen LogP contribution is -2.20. The standard InChI is InChI=1S/C12H15BFO.C7H16/c1-8(2)12(13-9(3)15)10-4-6-11(14)7-5-10;1-5-7(4)6(2)3/h4-8,12H,1-3H3;6-7H,5H2,1-4H3. The molecule has 0 aliphatic carbocycles. The molecule has 0 bridgehead atoms. The Bertz CT molecular complexity index is 426. The molecule has 0 aliphatic heterocycles. The highest BCUT2D eigenvalue weighted by Crippen LogP contribution is 2.23. The molecular weight excluding hydrogens is 274 g/mol. The minimum atomic E-state index is -0.246. The second-order valence-corrected chi connectivity index (χ2v) is 6.73. The van der Waals surface area contributed by atoms with Gasteiger partial charge in [0, 0.05) is 0 Å². The van der Waals surface area contributed by atoms with E-state index in [2.05, 4.69) is 27.7 Å². The van der Waals surface area contributed by atoms with Crippen LogP contribution >= 0.6 is 0 Å². The number of hydrogen-bond donors (Lipinski definition) is 0. The summed E-state index contributed by atoms with van der Waals surface area (Å²) in [5.41, 5.74) is 1.04. The van der Waals surface area contributed by atoms with Crippen LogP contribution in [0.4, 0.5) is 4.39 Å². The van der Waals surface area contributed by atoms with E-state index in [-0.39, 0.29) is 17.3 Å². The number of carbonyl (C=O) groups is 1. The van der Waals surface area contributed by atoms with Crippen LogP contribution in [0, 0.1) is 23.6 Å². The predicted octanol–water partition coefficient (Wildman–Crippen LogP) is 5.46. The van der Waals surface area contributed by atoms with Crippen molar-refractivity contribution >= 4 is 13.0 Å². The summed E-state index contributed by atoms with van der Waals surface area (Å²) < 4.78 is 12.7. The van der Waals surface area contributed by atoms with E-state index in [9.17, 15) is 9.18 Å². The van der Waals surface area contributed by atoms with Crippen LogP contribution in [0.2, 0.25) is 0 Å². The van der Waals surface area contributed by atoms with Crippen LogP contribution in [-0.4, -0.2) is 13.0 Å². The molecule has 0 N–H and O–H groups in total. The Kier molecular flexibility index (Phi) is 10.0. The molecule has 2 unspecified atom stereocenters. The molecule has 0 aliphatic rings. The smallest absolute Gasteiger partial charge is 0.210 e. The Labute approximate surface area is 136 Å². The maximum Gasteiger partial charge on any atom is 0.210 e. The van der Waals surface area contributed by atoms with E-state index in [1.54, 1.807) is 26.3 Å². The zero-order chi connectivity index (χ0) is 17.3. The van der Waals surface area contributed by atoms with E-state index >= 15 is 0 Å². The minimum Gasteiger partial charge on any atom is -0.312 e. The fraction of sp³-hybridized carbons (Fsp3) is 0.632. The maximum atomic E-state index is 12.7. The van der Waals surface area contributed by atoms with Gasteiger partial charge in [0.05, 0.1) is 5.68 Å². The van der Waals surface area contributed by atoms with Gasteiger partial charge in [-0.15, -0.1) is 0 Å². The highest BCUT2D eigenvalue weighted by molar-refractivity contribution is 6.74. The molecule has 0 spiro atoms. The molecule has 1 radical (unpaired) electrons. The van der Waals surface area contributed by atoms with Gasteiger partial charge in [-0.1, -0.05) is 65.7 Å². The van der Waals surface area contributed by atoms with E-state index in [4.69, 9.17) is 0 Å². The molecule has 0 saturated carbocycles. The molecule has 0 heterocycles. The van der Waals surface area contributed by atoms with E-state index in [0.717, 1.165) is 17.4 Å². The summed E-state index contributed by atoms with van der Waals surface area (Å²) in [7, 11) is 1.69. The van der Waals surface area contributed by atoms with E-state index in [1.807, 2.05) is 13.8 Å². The third-order valence-electron chi connectivity index (χ3n) is 4.17. The predicted molar refractivity (Wildman–Crippen MR) is 94.7 cm³/mol. The first-order chi connectivity index (χ1) is 10.2. The van der Waals surface area contributed by atoms with Crippen molar-refractivity contribution in [2.75, 3.05) is 0 Å². The van der Waals surface area contributed by atoms with Gasteiger partial charge in [0.15, 0.2) is 0 Å². The average molecular weight is 305 g/mol. The normalized spacial score (nSPS) is 13.4. The third-order valence-corrected chi connectivity index (χ3v) is 4.17. The summed E-state index contributed by atoms with van der Waals surface area (Å²) in [6.07, 6.45) is 1.32. The van der Waals surface area contributed by atoms with Crippen molar-refractivity contribution in [3.63, 3.8) is 0 Å². The molecule has 0 aromatic heterocycles. The molecule has 1 aromatic carbocycles. The molecule has 22 heavy (non-hydrogen) atoms. The molecule has 2 atom stereocenters. The second-order valence-electron chi connectivity index (χ2n) is 6.73. The van der Waals surface area contributed by atoms with Gasteiger partial charge in [-0.2, -0.15) is 0 Å². The van der Waals surface area contributed by atoms with Gasteiger partial charge in [0.25, 0.3) is 0 Å². The van der Waals surface area contributed by atoms with E-state index in [0.29, 0.717) is 5.92 Å². The quantitative estimate of drug-likeness (QED) is 0.638. The monoisotopic (exact) mass is 305 g/mol. The molecule has 1 rings (SSSR count). The number of halogens is 1. The van der Waals surface area contributed by atoms with Gasteiger partial charge in [0.1, 0.15) is 5.82 Å². The van der Waals surface area contributed by atoms with Crippen LogP contribution in [0.5, 0.6) is 0 Å². The second kappa shape index (κ2) is 10.6. The molecule has 1 nitrogen and oxygen atoms in total. The number of carbonyl (C=O) groups excluding carboxylic acids is 1. The highest BCUT2D eigenvalue weighted by atomic mass is 19.1. The molecular formula is C19H31BFO. The van der Waals surface area contributed by atoms with Gasteiger partial charge in [-0.3, -0.25) is 0 Å². The molecule has 0 saturated heterocycles. The van der Waals surface area contributed by atoms with E-state index < -0.39 is 0 Å². The van der Waals surface area contributed by atoms with Crippen LogP contribution in [0.1, 0.15) is 66.3 Å². The fourth-order valence-corrected chi connectivity index (χ4v) is 2.08. The first-order valence-electron chi connectivity index (χ1n) is 8.29.